The zero-order chi connectivity index (χ0) is 26.6. The maximum absolute atomic E-state index is 15.0. The summed E-state index contributed by atoms with van der Waals surface area (Å²) in [5.41, 5.74) is 0.481. The maximum atomic E-state index is 15.0. The summed E-state index contributed by atoms with van der Waals surface area (Å²) in [7, 11) is 1.55. The molecule has 0 radical (unpaired) electrons. The molecule has 4 aromatic rings. The molecule has 10 nitrogen and oxygen atoms in total. The predicted molar refractivity (Wildman–Crippen MR) is 138 cm³/mol. The molecule has 2 aromatic carbocycles. The van der Waals surface area contributed by atoms with E-state index >= 15 is 4.39 Å². The van der Waals surface area contributed by atoms with Crippen LogP contribution in [0.1, 0.15) is 12.1 Å². The summed E-state index contributed by atoms with van der Waals surface area (Å²) in [5, 5.41) is 10.7. The van der Waals surface area contributed by atoms with Gasteiger partial charge in [0.1, 0.15) is 5.75 Å². The van der Waals surface area contributed by atoms with Crippen molar-refractivity contribution in [2.75, 3.05) is 46.6 Å². The molecule has 2 aromatic heterocycles. The van der Waals surface area contributed by atoms with E-state index in [2.05, 4.69) is 14.9 Å². The number of nitrogens with zero attached hydrogens (tertiary/aromatic N) is 3. The van der Waals surface area contributed by atoms with E-state index in [0.29, 0.717) is 34.8 Å². The van der Waals surface area contributed by atoms with E-state index in [0.717, 1.165) is 49.9 Å². The van der Waals surface area contributed by atoms with Gasteiger partial charge in [-0.25, -0.2) is 13.8 Å². The number of aromatic hydroxyl groups is 1. The first-order chi connectivity index (χ1) is 18.4. The number of hydrogen-bond donors (Lipinski definition) is 2. The third-order valence-corrected chi connectivity index (χ3v) is 6.41. The van der Waals surface area contributed by atoms with Crippen molar-refractivity contribution in [3.05, 3.63) is 64.6 Å². The van der Waals surface area contributed by atoms with E-state index in [4.69, 9.17) is 18.9 Å². The number of methoxy groups -OCH3 is 1. The molecule has 11 heteroatoms. The van der Waals surface area contributed by atoms with Crippen LogP contribution in [0.15, 0.2) is 47.4 Å². The van der Waals surface area contributed by atoms with Crippen LogP contribution in [0.25, 0.3) is 16.6 Å². The molecule has 0 bridgehead atoms. The number of nitrogens with one attached hydrogen (secondary N) is 1. The Bertz CT molecular complexity index is 1500. The fourth-order valence-corrected chi connectivity index (χ4v) is 4.39. The van der Waals surface area contributed by atoms with Gasteiger partial charge in [0.05, 0.1) is 43.8 Å². The van der Waals surface area contributed by atoms with Gasteiger partial charge in [0.2, 0.25) is 5.88 Å². The smallest absolute Gasteiger partial charge is 0.333 e. The molecular formula is C27H29FN4O6. The SMILES string of the molecule is COc1cc2c(Oc3ccc(-n4c(O)c(C)[nH]c4=O)cc3F)ccnc2cc1OCCCN1CCOCC1. The highest BCUT2D eigenvalue weighted by Crippen LogP contribution is 2.38. The first-order valence-corrected chi connectivity index (χ1v) is 12.3. The first-order valence-electron chi connectivity index (χ1n) is 12.3. The number of aromatic amines is 1. The molecule has 2 N–H and O–H groups in total. The molecule has 200 valence electrons. The van der Waals surface area contributed by atoms with Gasteiger partial charge in [-0.15, -0.1) is 0 Å². The highest BCUT2D eigenvalue weighted by Gasteiger charge is 2.17. The van der Waals surface area contributed by atoms with Gasteiger partial charge >= 0.3 is 5.69 Å². The van der Waals surface area contributed by atoms with Crippen LogP contribution in [0, 0.1) is 12.7 Å². The van der Waals surface area contributed by atoms with Gasteiger partial charge in [0.15, 0.2) is 23.1 Å². The fraction of sp³-hybridized carbons (Fsp3) is 0.333. The van der Waals surface area contributed by atoms with Gasteiger partial charge in [-0.05, 0) is 37.6 Å². The van der Waals surface area contributed by atoms with Crippen molar-refractivity contribution in [3.63, 3.8) is 0 Å². The molecule has 1 saturated heterocycles. The molecule has 0 unspecified atom stereocenters. The van der Waals surface area contributed by atoms with Crippen molar-refractivity contribution in [3.8, 4) is 34.6 Å². The van der Waals surface area contributed by atoms with Crippen LogP contribution in [0.3, 0.4) is 0 Å². The monoisotopic (exact) mass is 524 g/mol. The normalized spacial score (nSPS) is 14.1. The zero-order valence-electron chi connectivity index (χ0n) is 21.2. The summed E-state index contributed by atoms with van der Waals surface area (Å²) < 4.78 is 38.8. The molecule has 3 heterocycles. The molecule has 1 fully saturated rings. The Labute approximate surface area is 218 Å². The van der Waals surface area contributed by atoms with E-state index in [-0.39, 0.29) is 23.0 Å². The minimum atomic E-state index is -0.704. The van der Waals surface area contributed by atoms with Gasteiger partial charge in [-0.3, -0.25) is 9.88 Å². The number of hydrogen-bond acceptors (Lipinski definition) is 8. The van der Waals surface area contributed by atoms with E-state index in [1.807, 2.05) is 0 Å². The Balaban J connectivity index is 1.34. The van der Waals surface area contributed by atoms with E-state index in [1.165, 1.54) is 12.1 Å². The number of aryl methyl sites for hydroxylation is 1. The summed E-state index contributed by atoms with van der Waals surface area (Å²) in [5.74, 6) is 0.406. The number of halogens is 1. The molecule has 1 aliphatic heterocycles. The topological polar surface area (TPSA) is 111 Å². The number of pyridine rings is 1. The molecular weight excluding hydrogens is 495 g/mol. The number of rotatable bonds is 9. The lowest BCUT2D eigenvalue weighted by molar-refractivity contribution is 0.0357. The first kappa shape index (κ1) is 25.6. The van der Waals surface area contributed by atoms with Crippen LogP contribution < -0.4 is 19.9 Å². The van der Waals surface area contributed by atoms with Crippen LogP contribution in [0.5, 0.6) is 28.9 Å². The average Bonchev–Trinajstić information content (AvgIpc) is 3.18. The van der Waals surface area contributed by atoms with Gasteiger partial charge in [0, 0.05) is 43.4 Å². The van der Waals surface area contributed by atoms with Gasteiger partial charge < -0.3 is 29.0 Å². The highest BCUT2D eigenvalue weighted by molar-refractivity contribution is 5.88. The Morgan fingerprint density at radius 3 is 2.63 bits per heavy atom. The number of aromatic nitrogens is 3. The number of morpholine rings is 1. The van der Waals surface area contributed by atoms with Crippen LogP contribution in [-0.4, -0.2) is 71.1 Å². The Kier molecular flexibility index (Phi) is 7.47. The number of benzene rings is 2. The van der Waals surface area contributed by atoms with Crippen LogP contribution in [0.2, 0.25) is 0 Å². The quantitative estimate of drug-likeness (QED) is 0.319. The summed E-state index contributed by atoms with van der Waals surface area (Å²) in [4.78, 5) is 21.3. The van der Waals surface area contributed by atoms with Crippen molar-refractivity contribution >= 4 is 10.9 Å². The third-order valence-electron chi connectivity index (χ3n) is 6.41. The molecule has 5 rings (SSSR count). The lowest BCUT2D eigenvalue weighted by Crippen LogP contribution is -2.37. The Morgan fingerprint density at radius 1 is 1.11 bits per heavy atom. The van der Waals surface area contributed by atoms with E-state index in [1.54, 1.807) is 38.4 Å². The Morgan fingerprint density at radius 2 is 1.92 bits per heavy atom. The third kappa shape index (κ3) is 5.29. The molecule has 1 aliphatic rings. The summed E-state index contributed by atoms with van der Waals surface area (Å²) in [6.07, 6.45) is 2.43. The van der Waals surface area contributed by atoms with Crippen LogP contribution in [0.4, 0.5) is 4.39 Å². The van der Waals surface area contributed by atoms with Crippen molar-refractivity contribution in [2.24, 2.45) is 0 Å². The minimum Gasteiger partial charge on any atom is -0.493 e. The minimum absolute atomic E-state index is 0.0524. The zero-order valence-corrected chi connectivity index (χ0v) is 21.2. The summed E-state index contributed by atoms with van der Waals surface area (Å²) in [6, 6.07) is 9.16. The largest absolute Gasteiger partial charge is 0.493 e. The average molecular weight is 525 g/mol. The number of fused-ring (bicyclic) bond motifs is 1. The van der Waals surface area contributed by atoms with E-state index in [9.17, 15) is 9.90 Å². The maximum Gasteiger partial charge on any atom is 0.333 e. The molecule has 0 aliphatic carbocycles. The van der Waals surface area contributed by atoms with Crippen molar-refractivity contribution in [2.45, 2.75) is 13.3 Å². The molecule has 0 spiro atoms. The summed E-state index contributed by atoms with van der Waals surface area (Å²) >= 11 is 0. The van der Waals surface area contributed by atoms with Crippen LogP contribution >= 0.6 is 0 Å². The predicted octanol–water partition coefficient (Wildman–Crippen LogP) is 3.77. The lowest BCUT2D eigenvalue weighted by atomic mass is 10.1. The molecule has 0 atom stereocenters. The fourth-order valence-electron chi connectivity index (χ4n) is 4.39. The Hall–Kier alpha value is -4.09. The molecule has 0 saturated carbocycles. The second-order valence-corrected chi connectivity index (χ2v) is 8.92. The van der Waals surface area contributed by atoms with Crippen LogP contribution in [-0.2, 0) is 4.74 Å². The molecule has 38 heavy (non-hydrogen) atoms. The number of ether oxygens (including phenoxy) is 4. The van der Waals surface area contributed by atoms with Crippen molar-refractivity contribution in [1.29, 1.82) is 0 Å². The second-order valence-electron chi connectivity index (χ2n) is 8.92. The van der Waals surface area contributed by atoms with Gasteiger partial charge in [-0.2, -0.15) is 0 Å². The van der Waals surface area contributed by atoms with Gasteiger partial charge in [-0.1, -0.05) is 0 Å². The van der Waals surface area contributed by atoms with Gasteiger partial charge in [0.25, 0.3) is 0 Å². The highest BCUT2D eigenvalue weighted by atomic mass is 19.1. The van der Waals surface area contributed by atoms with Crippen molar-refractivity contribution in [1.82, 2.24) is 19.4 Å². The lowest BCUT2D eigenvalue weighted by Gasteiger charge is -2.26. The second kappa shape index (κ2) is 11.1. The molecule has 0 amide bonds. The summed E-state index contributed by atoms with van der Waals surface area (Å²) in [6.45, 7) is 6.39. The standard InChI is InChI=1S/C27H29FN4O6/c1-17-26(33)32(27(34)30-17)18-4-5-23(20(28)14-18)38-22-6-7-29-21-16-25(24(35-2)15-19(21)22)37-11-3-8-31-9-12-36-13-10-31/h4-7,14-16,33H,3,8-13H2,1-2H3,(H,30,34). The van der Waals surface area contributed by atoms with Crippen molar-refractivity contribution < 1.29 is 28.4 Å². The van der Waals surface area contributed by atoms with E-state index < -0.39 is 11.5 Å². The number of imidazole rings is 1. The number of H-pyrrole nitrogens is 1.